The second-order valence-electron chi connectivity index (χ2n) is 10.6. The zero-order valence-electron chi connectivity index (χ0n) is 24.4. The molecule has 2 amide bonds. The largest absolute Gasteiger partial charge is 0.495 e. The molecule has 3 rings (SSSR count). The van der Waals surface area contributed by atoms with Crippen molar-refractivity contribution in [3.8, 4) is 5.75 Å². The van der Waals surface area contributed by atoms with Crippen molar-refractivity contribution < 1.29 is 22.7 Å². The monoisotopic (exact) mass is 633 g/mol. The Morgan fingerprint density at radius 3 is 2.24 bits per heavy atom. The Morgan fingerprint density at radius 1 is 0.952 bits per heavy atom. The Balaban J connectivity index is 2.11. The summed E-state index contributed by atoms with van der Waals surface area (Å²) in [5.74, 6) is -0.443. The standard InChI is InChI=1S/C31H37Cl2N3O5S/c1-21(2)18-34-31(38)28(17-23-9-7-6-8-10-23)35(19-24-12-13-25(32)26(33)16-24)30(37)20-36(42(5,39)40)27-15-22(3)11-14-29(27)41-4/h6-16,21,28H,17-20H2,1-5H3,(H,34,38). The van der Waals surface area contributed by atoms with Gasteiger partial charge in [0.25, 0.3) is 0 Å². The van der Waals surface area contributed by atoms with Crippen LogP contribution in [0.2, 0.25) is 10.0 Å². The maximum absolute atomic E-state index is 14.2. The zero-order chi connectivity index (χ0) is 31.0. The second kappa shape index (κ2) is 14.8. The van der Waals surface area contributed by atoms with E-state index in [0.29, 0.717) is 27.9 Å². The van der Waals surface area contributed by atoms with Crippen LogP contribution in [0.5, 0.6) is 5.75 Å². The summed E-state index contributed by atoms with van der Waals surface area (Å²) in [6.45, 7) is 5.62. The molecule has 0 heterocycles. The van der Waals surface area contributed by atoms with E-state index in [0.717, 1.165) is 21.7 Å². The summed E-state index contributed by atoms with van der Waals surface area (Å²) < 4.78 is 32.6. The van der Waals surface area contributed by atoms with Gasteiger partial charge in [0.15, 0.2) is 0 Å². The molecule has 0 spiro atoms. The SMILES string of the molecule is COc1ccc(C)cc1N(CC(=O)N(Cc1ccc(Cl)c(Cl)c1)C(Cc1ccccc1)C(=O)NCC(C)C)S(C)(=O)=O. The fourth-order valence-electron chi connectivity index (χ4n) is 4.40. The van der Waals surface area contributed by atoms with Crippen LogP contribution in [-0.4, -0.2) is 57.6 Å². The lowest BCUT2D eigenvalue weighted by Crippen LogP contribution is -2.53. The number of rotatable bonds is 13. The number of amides is 2. The number of carbonyl (C=O) groups excluding carboxylic acids is 2. The molecule has 42 heavy (non-hydrogen) atoms. The second-order valence-corrected chi connectivity index (χ2v) is 13.3. The van der Waals surface area contributed by atoms with Crippen molar-refractivity contribution in [3.05, 3.63) is 93.5 Å². The van der Waals surface area contributed by atoms with Gasteiger partial charge in [-0.15, -0.1) is 0 Å². The van der Waals surface area contributed by atoms with Crippen LogP contribution < -0.4 is 14.4 Å². The Morgan fingerprint density at radius 2 is 1.64 bits per heavy atom. The van der Waals surface area contributed by atoms with E-state index in [4.69, 9.17) is 27.9 Å². The van der Waals surface area contributed by atoms with Crippen LogP contribution in [0, 0.1) is 12.8 Å². The Bertz CT molecular complexity index is 1500. The molecule has 0 saturated heterocycles. The molecule has 3 aromatic carbocycles. The Hall–Kier alpha value is -3.27. The predicted molar refractivity (Wildman–Crippen MR) is 169 cm³/mol. The highest BCUT2D eigenvalue weighted by Crippen LogP contribution is 2.31. The third-order valence-corrected chi connectivity index (χ3v) is 8.44. The molecule has 226 valence electrons. The van der Waals surface area contributed by atoms with Crippen LogP contribution in [0.1, 0.15) is 30.5 Å². The van der Waals surface area contributed by atoms with Crippen molar-refractivity contribution in [3.63, 3.8) is 0 Å². The predicted octanol–water partition coefficient (Wildman–Crippen LogP) is 5.49. The lowest BCUT2D eigenvalue weighted by molar-refractivity contribution is -0.140. The highest BCUT2D eigenvalue weighted by molar-refractivity contribution is 7.92. The maximum atomic E-state index is 14.2. The summed E-state index contributed by atoms with van der Waals surface area (Å²) in [7, 11) is -2.51. The average molecular weight is 635 g/mol. The summed E-state index contributed by atoms with van der Waals surface area (Å²) in [6, 6.07) is 18.5. The smallest absolute Gasteiger partial charge is 0.244 e. The number of carbonyl (C=O) groups is 2. The number of benzene rings is 3. The van der Waals surface area contributed by atoms with Crippen molar-refractivity contribution >= 4 is 50.7 Å². The van der Waals surface area contributed by atoms with Gasteiger partial charge in [0.05, 0.1) is 29.1 Å². The van der Waals surface area contributed by atoms with Crippen molar-refractivity contribution in [2.45, 2.75) is 39.8 Å². The zero-order valence-corrected chi connectivity index (χ0v) is 26.8. The van der Waals surface area contributed by atoms with Crippen LogP contribution in [0.15, 0.2) is 66.7 Å². The fraction of sp³-hybridized carbons (Fsp3) is 0.355. The van der Waals surface area contributed by atoms with E-state index in [-0.39, 0.29) is 30.5 Å². The molecule has 3 aromatic rings. The van der Waals surface area contributed by atoms with Crippen LogP contribution in [-0.2, 0) is 32.6 Å². The fourth-order valence-corrected chi connectivity index (χ4v) is 5.57. The molecule has 1 unspecified atom stereocenters. The third kappa shape index (κ3) is 9.11. The molecule has 0 aliphatic rings. The van der Waals surface area contributed by atoms with Gasteiger partial charge in [-0.1, -0.05) is 79.5 Å². The Kier molecular flexibility index (Phi) is 11.7. The normalized spacial score (nSPS) is 12.1. The van der Waals surface area contributed by atoms with E-state index in [9.17, 15) is 18.0 Å². The molecular weight excluding hydrogens is 597 g/mol. The van der Waals surface area contributed by atoms with E-state index < -0.39 is 28.5 Å². The number of sulfonamides is 1. The molecule has 1 N–H and O–H groups in total. The van der Waals surface area contributed by atoms with E-state index >= 15 is 0 Å². The summed E-state index contributed by atoms with van der Waals surface area (Å²) in [5.41, 5.74) is 2.49. The molecule has 11 heteroatoms. The van der Waals surface area contributed by atoms with Crippen molar-refractivity contribution in [1.82, 2.24) is 10.2 Å². The highest BCUT2D eigenvalue weighted by Gasteiger charge is 2.34. The number of aryl methyl sites for hydroxylation is 1. The molecule has 0 aliphatic carbocycles. The van der Waals surface area contributed by atoms with E-state index in [1.165, 1.54) is 12.0 Å². The third-order valence-electron chi connectivity index (χ3n) is 6.57. The van der Waals surface area contributed by atoms with Gasteiger partial charge in [0, 0.05) is 19.5 Å². The molecule has 8 nitrogen and oxygen atoms in total. The number of halogens is 2. The number of hydrogen-bond acceptors (Lipinski definition) is 5. The molecule has 1 atom stereocenters. The molecule has 0 fully saturated rings. The number of methoxy groups -OCH3 is 1. The number of nitrogens with zero attached hydrogens (tertiary/aromatic N) is 2. The molecule has 0 aliphatic heterocycles. The van der Waals surface area contributed by atoms with Gasteiger partial charge in [-0.2, -0.15) is 0 Å². The van der Waals surface area contributed by atoms with E-state index in [1.54, 1.807) is 36.4 Å². The number of hydrogen-bond donors (Lipinski definition) is 1. The van der Waals surface area contributed by atoms with E-state index in [1.807, 2.05) is 51.1 Å². The summed E-state index contributed by atoms with van der Waals surface area (Å²) in [4.78, 5) is 29.3. The summed E-state index contributed by atoms with van der Waals surface area (Å²) >= 11 is 12.4. The molecule has 0 saturated carbocycles. The first-order chi connectivity index (χ1) is 19.8. The Labute approximate surface area is 258 Å². The molecular formula is C31H37Cl2N3O5S. The first-order valence-corrected chi connectivity index (χ1v) is 16.1. The topological polar surface area (TPSA) is 96.0 Å². The molecule has 0 bridgehead atoms. The number of anilines is 1. The number of ether oxygens (including phenoxy) is 1. The van der Waals surface area contributed by atoms with Gasteiger partial charge in [-0.3, -0.25) is 13.9 Å². The van der Waals surface area contributed by atoms with Gasteiger partial charge in [-0.25, -0.2) is 8.42 Å². The van der Waals surface area contributed by atoms with Gasteiger partial charge in [0.1, 0.15) is 18.3 Å². The van der Waals surface area contributed by atoms with Gasteiger partial charge < -0.3 is 15.0 Å². The molecule has 0 aromatic heterocycles. The quantitative estimate of drug-likeness (QED) is 0.269. The van der Waals surface area contributed by atoms with Crippen LogP contribution in [0.3, 0.4) is 0 Å². The van der Waals surface area contributed by atoms with Gasteiger partial charge in [-0.05, 0) is 53.8 Å². The minimum absolute atomic E-state index is 0.00905. The minimum atomic E-state index is -3.94. The average Bonchev–Trinajstić information content (AvgIpc) is 2.94. The first-order valence-electron chi connectivity index (χ1n) is 13.5. The van der Waals surface area contributed by atoms with Crippen LogP contribution in [0.4, 0.5) is 5.69 Å². The highest BCUT2D eigenvalue weighted by atomic mass is 35.5. The van der Waals surface area contributed by atoms with Crippen LogP contribution in [0.25, 0.3) is 0 Å². The van der Waals surface area contributed by atoms with Crippen molar-refractivity contribution in [2.24, 2.45) is 5.92 Å². The van der Waals surface area contributed by atoms with Crippen molar-refractivity contribution in [1.29, 1.82) is 0 Å². The lowest BCUT2D eigenvalue weighted by Gasteiger charge is -2.34. The minimum Gasteiger partial charge on any atom is -0.495 e. The summed E-state index contributed by atoms with van der Waals surface area (Å²) in [5, 5.41) is 3.60. The van der Waals surface area contributed by atoms with Gasteiger partial charge in [0.2, 0.25) is 21.8 Å². The van der Waals surface area contributed by atoms with E-state index in [2.05, 4.69) is 5.32 Å². The maximum Gasteiger partial charge on any atom is 0.244 e. The number of nitrogens with one attached hydrogen (secondary N) is 1. The van der Waals surface area contributed by atoms with Crippen LogP contribution >= 0.6 is 23.2 Å². The van der Waals surface area contributed by atoms with Gasteiger partial charge >= 0.3 is 0 Å². The lowest BCUT2D eigenvalue weighted by atomic mass is 10.0. The van der Waals surface area contributed by atoms with Crippen molar-refractivity contribution in [2.75, 3.05) is 30.8 Å². The first kappa shape index (κ1) is 33.2. The molecule has 0 radical (unpaired) electrons. The summed E-state index contributed by atoms with van der Waals surface area (Å²) in [6.07, 6.45) is 1.24.